The Balaban J connectivity index is 1.91. The minimum absolute atomic E-state index is 0.243. The number of nitrogens with one attached hydrogen (secondary N) is 1. The van der Waals surface area contributed by atoms with Gasteiger partial charge in [-0.3, -0.25) is 0 Å². The van der Waals surface area contributed by atoms with Crippen LogP contribution in [-0.2, 0) is 6.42 Å². The standard InChI is InChI=1S/C15H10Cl2N2O2S/c1-7-9-6-12(15(20)21)22-14(9)19-13(18-7)5-8-2-3-10(16)11(17)4-8/h2-4,6H,1,5H2,(H,18,19)(H,20,21). The number of hydrogen-bond acceptors (Lipinski definition) is 4. The minimum atomic E-state index is -0.964. The first-order valence-electron chi connectivity index (χ1n) is 6.29. The molecule has 0 radical (unpaired) electrons. The van der Waals surface area contributed by atoms with Crippen molar-refractivity contribution >= 4 is 57.0 Å². The Morgan fingerprint density at radius 3 is 2.77 bits per heavy atom. The molecule has 0 bridgehead atoms. The fourth-order valence-corrected chi connectivity index (χ4v) is 3.35. The van der Waals surface area contributed by atoms with E-state index < -0.39 is 5.97 Å². The van der Waals surface area contributed by atoms with Crippen molar-refractivity contribution in [2.24, 2.45) is 4.99 Å². The van der Waals surface area contributed by atoms with E-state index in [1.807, 2.05) is 6.07 Å². The van der Waals surface area contributed by atoms with Crippen molar-refractivity contribution in [3.05, 3.63) is 56.9 Å². The summed E-state index contributed by atoms with van der Waals surface area (Å²) in [5, 5.41) is 13.8. The van der Waals surface area contributed by atoms with Crippen molar-refractivity contribution in [3.63, 3.8) is 0 Å². The third-order valence-electron chi connectivity index (χ3n) is 3.14. The van der Waals surface area contributed by atoms with Crippen molar-refractivity contribution in [2.45, 2.75) is 6.42 Å². The molecule has 2 aromatic rings. The zero-order valence-electron chi connectivity index (χ0n) is 11.2. The predicted octanol–water partition coefficient (Wildman–Crippen LogP) is 4.60. The fraction of sp³-hybridized carbons (Fsp3) is 0.0667. The number of carbonyl (C=O) groups is 1. The van der Waals surface area contributed by atoms with Gasteiger partial charge in [0.25, 0.3) is 0 Å². The molecule has 0 aliphatic carbocycles. The largest absolute Gasteiger partial charge is 0.477 e. The van der Waals surface area contributed by atoms with Gasteiger partial charge in [-0.2, -0.15) is 0 Å². The number of benzene rings is 1. The van der Waals surface area contributed by atoms with E-state index in [2.05, 4.69) is 16.9 Å². The monoisotopic (exact) mass is 352 g/mol. The van der Waals surface area contributed by atoms with Crippen LogP contribution in [0.1, 0.15) is 20.8 Å². The third kappa shape index (κ3) is 2.88. The highest BCUT2D eigenvalue weighted by atomic mass is 35.5. The van der Waals surface area contributed by atoms with E-state index in [4.69, 9.17) is 28.3 Å². The van der Waals surface area contributed by atoms with Gasteiger partial charge in [0, 0.05) is 17.7 Å². The van der Waals surface area contributed by atoms with Crippen LogP contribution in [0.25, 0.3) is 5.70 Å². The van der Waals surface area contributed by atoms with Crippen LogP contribution in [0.2, 0.25) is 10.0 Å². The summed E-state index contributed by atoms with van der Waals surface area (Å²) in [5.41, 5.74) is 2.32. The Morgan fingerprint density at radius 2 is 2.09 bits per heavy atom. The summed E-state index contributed by atoms with van der Waals surface area (Å²) in [7, 11) is 0. The lowest BCUT2D eigenvalue weighted by molar-refractivity contribution is 0.0702. The summed E-state index contributed by atoms with van der Waals surface area (Å²) in [6.07, 6.45) is 0.523. The molecule has 0 saturated heterocycles. The molecule has 1 aliphatic rings. The average Bonchev–Trinajstić information content (AvgIpc) is 2.88. The molecule has 1 aromatic carbocycles. The molecule has 1 aromatic heterocycles. The average molecular weight is 353 g/mol. The van der Waals surface area contributed by atoms with E-state index in [0.29, 0.717) is 33.0 Å². The molecule has 1 aliphatic heterocycles. The second-order valence-electron chi connectivity index (χ2n) is 4.72. The highest BCUT2D eigenvalue weighted by Crippen LogP contribution is 2.37. The van der Waals surface area contributed by atoms with Crippen LogP contribution in [-0.4, -0.2) is 16.9 Å². The number of halogens is 2. The highest BCUT2D eigenvalue weighted by molar-refractivity contribution is 7.18. The third-order valence-corrected chi connectivity index (χ3v) is 4.89. The molecule has 0 amide bonds. The summed E-state index contributed by atoms with van der Waals surface area (Å²) in [6.45, 7) is 3.93. The van der Waals surface area contributed by atoms with Crippen LogP contribution >= 0.6 is 34.5 Å². The van der Waals surface area contributed by atoms with Gasteiger partial charge in [0.15, 0.2) is 0 Å². The molecular formula is C15H10Cl2N2O2S. The molecule has 0 atom stereocenters. The normalized spacial score (nSPS) is 13.4. The van der Waals surface area contributed by atoms with E-state index in [1.165, 1.54) is 0 Å². The summed E-state index contributed by atoms with van der Waals surface area (Å²) in [6, 6.07) is 6.96. The van der Waals surface area contributed by atoms with Gasteiger partial charge < -0.3 is 10.4 Å². The lowest BCUT2D eigenvalue weighted by Crippen LogP contribution is -2.25. The first kappa shape index (κ1) is 15.1. The number of aliphatic imine (C=N–C) groups is 1. The van der Waals surface area contributed by atoms with E-state index in [0.717, 1.165) is 22.5 Å². The quantitative estimate of drug-likeness (QED) is 0.848. The number of thiophene rings is 1. The summed E-state index contributed by atoms with van der Waals surface area (Å²) < 4.78 is 0. The van der Waals surface area contributed by atoms with Gasteiger partial charge in [-0.15, -0.1) is 11.3 Å². The second kappa shape index (κ2) is 5.76. The fourth-order valence-electron chi connectivity index (χ4n) is 2.10. The molecule has 7 heteroatoms. The Hall–Kier alpha value is -1.82. The van der Waals surface area contributed by atoms with E-state index in [9.17, 15) is 4.79 Å². The van der Waals surface area contributed by atoms with Gasteiger partial charge >= 0.3 is 5.97 Å². The van der Waals surface area contributed by atoms with Crippen LogP contribution in [0.15, 0.2) is 35.8 Å². The maximum atomic E-state index is 11.1. The van der Waals surface area contributed by atoms with Crippen LogP contribution in [0.4, 0.5) is 5.00 Å². The molecule has 4 nitrogen and oxygen atoms in total. The smallest absolute Gasteiger partial charge is 0.345 e. The molecule has 0 saturated carbocycles. The van der Waals surface area contributed by atoms with Gasteiger partial charge in [0.05, 0.1) is 10.0 Å². The number of amidine groups is 1. The van der Waals surface area contributed by atoms with Crippen molar-refractivity contribution < 1.29 is 9.90 Å². The van der Waals surface area contributed by atoms with Gasteiger partial charge in [-0.1, -0.05) is 35.8 Å². The minimum Gasteiger partial charge on any atom is -0.477 e. The van der Waals surface area contributed by atoms with Gasteiger partial charge in [-0.05, 0) is 23.8 Å². The Kier molecular flexibility index (Phi) is 3.95. The van der Waals surface area contributed by atoms with Gasteiger partial charge in [-0.25, -0.2) is 9.79 Å². The maximum Gasteiger partial charge on any atom is 0.345 e. The summed E-state index contributed by atoms with van der Waals surface area (Å²) in [4.78, 5) is 15.8. The van der Waals surface area contributed by atoms with Gasteiger partial charge in [0.2, 0.25) is 0 Å². The van der Waals surface area contributed by atoms with E-state index >= 15 is 0 Å². The van der Waals surface area contributed by atoms with Crippen molar-refractivity contribution in [3.8, 4) is 0 Å². The number of fused-ring (bicyclic) bond motifs is 1. The molecular weight excluding hydrogens is 343 g/mol. The number of nitrogens with zero attached hydrogens (tertiary/aromatic N) is 1. The molecule has 2 heterocycles. The first-order valence-corrected chi connectivity index (χ1v) is 7.86. The Morgan fingerprint density at radius 1 is 1.32 bits per heavy atom. The highest BCUT2D eigenvalue weighted by Gasteiger charge is 2.21. The van der Waals surface area contributed by atoms with Crippen molar-refractivity contribution in [1.29, 1.82) is 0 Å². The number of rotatable bonds is 3. The van der Waals surface area contributed by atoms with Crippen molar-refractivity contribution in [1.82, 2.24) is 5.32 Å². The van der Waals surface area contributed by atoms with E-state index in [1.54, 1.807) is 18.2 Å². The van der Waals surface area contributed by atoms with Crippen LogP contribution in [0, 0.1) is 0 Å². The molecule has 3 rings (SSSR count). The zero-order valence-corrected chi connectivity index (χ0v) is 13.5. The lowest BCUT2D eigenvalue weighted by Gasteiger charge is -2.17. The Bertz CT molecular complexity index is 827. The number of aromatic carboxylic acids is 1. The van der Waals surface area contributed by atoms with Crippen LogP contribution in [0.3, 0.4) is 0 Å². The van der Waals surface area contributed by atoms with Gasteiger partial charge in [0.1, 0.15) is 15.7 Å². The first-order chi connectivity index (χ1) is 10.4. The molecule has 112 valence electrons. The predicted molar refractivity (Wildman–Crippen MR) is 90.7 cm³/mol. The Labute approximate surface area is 140 Å². The lowest BCUT2D eigenvalue weighted by atomic mass is 10.1. The molecule has 0 fully saturated rings. The molecule has 0 spiro atoms. The summed E-state index contributed by atoms with van der Waals surface area (Å²) >= 11 is 13.0. The SMILES string of the molecule is C=C1NC(Cc2ccc(Cl)c(Cl)c2)=Nc2sc(C(=O)O)cc21. The molecule has 22 heavy (non-hydrogen) atoms. The second-order valence-corrected chi connectivity index (χ2v) is 6.57. The van der Waals surface area contributed by atoms with Crippen LogP contribution in [0.5, 0.6) is 0 Å². The van der Waals surface area contributed by atoms with Crippen LogP contribution < -0.4 is 5.32 Å². The number of carboxylic acids is 1. The maximum absolute atomic E-state index is 11.1. The zero-order chi connectivity index (χ0) is 15.9. The van der Waals surface area contributed by atoms with E-state index in [-0.39, 0.29) is 4.88 Å². The number of carboxylic acid groups (broad SMARTS) is 1. The topological polar surface area (TPSA) is 61.7 Å². The van der Waals surface area contributed by atoms with Crippen molar-refractivity contribution in [2.75, 3.05) is 0 Å². The molecule has 2 N–H and O–H groups in total. The number of hydrogen-bond donors (Lipinski definition) is 2. The molecule has 0 unspecified atom stereocenters. The summed E-state index contributed by atoms with van der Waals surface area (Å²) in [5.74, 6) is -0.275.